The third-order valence-electron chi connectivity index (χ3n) is 4.93. The van der Waals surface area contributed by atoms with Gasteiger partial charge in [0.2, 0.25) is 5.91 Å². The molecule has 0 heterocycles. The summed E-state index contributed by atoms with van der Waals surface area (Å²) >= 11 is 0. The fourth-order valence-electron chi connectivity index (χ4n) is 3.14. The zero-order valence-electron chi connectivity index (χ0n) is 17.8. The molecule has 3 rings (SSSR count). The molecule has 0 aromatic heterocycles. The number of benzene rings is 3. The van der Waals surface area contributed by atoms with E-state index in [9.17, 15) is 13.2 Å². The van der Waals surface area contributed by atoms with Gasteiger partial charge in [0.15, 0.2) is 0 Å². The Morgan fingerprint density at radius 2 is 1.58 bits per heavy atom. The van der Waals surface area contributed by atoms with Gasteiger partial charge in [0, 0.05) is 0 Å². The highest BCUT2D eigenvalue weighted by molar-refractivity contribution is 7.92. The molecule has 6 nitrogen and oxygen atoms in total. The van der Waals surface area contributed by atoms with Gasteiger partial charge < -0.3 is 10.1 Å². The second kappa shape index (κ2) is 9.66. The predicted molar refractivity (Wildman–Crippen MR) is 122 cm³/mol. The molecule has 0 aliphatic rings. The number of carbonyl (C=O) groups is 1. The molecule has 1 amide bonds. The maximum Gasteiger partial charge on any atom is 0.264 e. The van der Waals surface area contributed by atoms with Crippen LogP contribution < -0.4 is 14.4 Å². The van der Waals surface area contributed by atoms with Gasteiger partial charge in [-0.25, -0.2) is 8.42 Å². The standard InChI is InChI=1S/C24H26N2O4S/c1-18-9-11-20(12-10-18)19(2)25-24(27)17-26(21-13-15-22(30-3)16-14-21)31(28,29)23-7-5-4-6-8-23/h4-16,19H,17H2,1-3H3,(H,25,27). The van der Waals surface area contributed by atoms with Gasteiger partial charge in [0.25, 0.3) is 10.0 Å². The summed E-state index contributed by atoms with van der Waals surface area (Å²) in [4.78, 5) is 13.0. The molecule has 7 heteroatoms. The molecule has 1 unspecified atom stereocenters. The topological polar surface area (TPSA) is 75.7 Å². The van der Waals surface area contributed by atoms with E-state index in [1.54, 1.807) is 42.5 Å². The summed E-state index contributed by atoms with van der Waals surface area (Å²) in [6, 6.07) is 22.2. The average molecular weight is 439 g/mol. The van der Waals surface area contributed by atoms with E-state index in [0.717, 1.165) is 15.4 Å². The van der Waals surface area contributed by atoms with Gasteiger partial charge in [-0.15, -0.1) is 0 Å². The smallest absolute Gasteiger partial charge is 0.264 e. The number of nitrogens with zero attached hydrogens (tertiary/aromatic N) is 1. The quantitative estimate of drug-likeness (QED) is 0.575. The van der Waals surface area contributed by atoms with Crippen LogP contribution >= 0.6 is 0 Å². The second-order valence-corrected chi connectivity index (χ2v) is 9.08. The van der Waals surface area contributed by atoms with E-state index in [0.29, 0.717) is 11.4 Å². The number of ether oxygens (including phenoxy) is 1. The molecule has 0 radical (unpaired) electrons. The van der Waals surface area contributed by atoms with Crippen molar-refractivity contribution in [1.29, 1.82) is 0 Å². The summed E-state index contributed by atoms with van der Waals surface area (Å²) in [6.07, 6.45) is 0. The monoisotopic (exact) mass is 438 g/mol. The van der Waals surface area contributed by atoms with Crippen LogP contribution in [0.15, 0.2) is 83.8 Å². The molecule has 0 spiro atoms. The van der Waals surface area contributed by atoms with Crippen molar-refractivity contribution in [2.45, 2.75) is 24.8 Å². The number of carbonyl (C=O) groups excluding carboxylic acids is 1. The minimum absolute atomic E-state index is 0.116. The van der Waals surface area contributed by atoms with Crippen molar-refractivity contribution in [3.63, 3.8) is 0 Å². The molecule has 3 aromatic carbocycles. The largest absolute Gasteiger partial charge is 0.497 e. The second-order valence-electron chi connectivity index (χ2n) is 7.22. The van der Waals surface area contributed by atoms with Gasteiger partial charge in [0.05, 0.1) is 23.7 Å². The van der Waals surface area contributed by atoms with Crippen LogP contribution in [0.25, 0.3) is 0 Å². The maximum atomic E-state index is 13.3. The highest BCUT2D eigenvalue weighted by Crippen LogP contribution is 2.26. The van der Waals surface area contributed by atoms with Gasteiger partial charge in [-0.2, -0.15) is 0 Å². The molecule has 3 aromatic rings. The molecule has 1 atom stereocenters. The molecule has 0 saturated heterocycles. The van der Waals surface area contributed by atoms with Crippen molar-refractivity contribution in [2.24, 2.45) is 0 Å². The summed E-state index contributed by atoms with van der Waals surface area (Å²) in [5.74, 6) is 0.196. The van der Waals surface area contributed by atoms with Crippen molar-refractivity contribution >= 4 is 21.6 Å². The molecule has 0 fully saturated rings. The summed E-state index contributed by atoms with van der Waals surface area (Å²) in [7, 11) is -2.41. The Kier molecular flexibility index (Phi) is 6.97. The van der Waals surface area contributed by atoms with Crippen LogP contribution in [-0.4, -0.2) is 28.0 Å². The first-order valence-corrected chi connectivity index (χ1v) is 11.3. The van der Waals surface area contributed by atoms with Crippen LogP contribution in [0.3, 0.4) is 0 Å². The summed E-state index contributed by atoms with van der Waals surface area (Å²) in [5, 5.41) is 2.89. The first-order valence-electron chi connectivity index (χ1n) is 9.89. The van der Waals surface area contributed by atoms with Crippen LogP contribution in [0.4, 0.5) is 5.69 Å². The Balaban J connectivity index is 1.87. The fraction of sp³-hybridized carbons (Fsp3) is 0.208. The van der Waals surface area contributed by atoms with E-state index < -0.39 is 15.9 Å². The van der Waals surface area contributed by atoms with Crippen LogP contribution in [0.5, 0.6) is 5.75 Å². The first-order chi connectivity index (χ1) is 14.8. The van der Waals surface area contributed by atoms with Crippen molar-refractivity contribution in [3.8, 4) is 5.75 Å². The maximum absolute atomic E-state index is 13.3. The molecule has 0 bridgehead atoms. The van der Waals surface area contributed by atoms with Crippen LogP contribution in [0, 0.1) is 6.92 Å². The number of hydrogen-bond acceptors (Lipinski definition) is 4. The molecule has 0 aliphatic carbocycles. The third kappa shape index (κ3) is 5.44. The van der Waals surface area contributed by atoms with E-state index in [4.69, 9.17) is 4.74 Å². The van der Waals surface area contributed by atoms with E-state index in [1.807, 2.05) is 38.1 Å². The van der Waals surface area contributed by atoms with Crippen LogP contribution in [-0.2, 0) is 14.8 Å². The molecule has 1 N–H and O–H groups in total. The minimum atomic E-state index is -3.94. The van der Waals surface area contributed by atoms with Crippen molar-refractivity contribution < 1.29 is 17.9 Å². The Morgan fingerprint density at radius 1 is 0.968 bits per heavy atom. The SMILES string of the molecule is COc1ccc(N(CC(=O)NC(C)c2ccc(C)cc2)S(=O)(=O)c2ccccc2)cc1. The molecule has 0 saturated carbocycles. The van der Waals surface area contributed by atoms with E-state index >= 15 is 0 Å². The Labute approximate surface area is 183 Å². The number of nitrogens with one attached hydrogen (secondary N) is 1. The van der Waals surface area contributed by atoms with Gasteiger partial charge in [-0.05, 0) is 55.8 Å². The van der Waals surface area contributed by atoms with E-state index in [1.165, 1.54) is 19.2 Å². The first kappa shape index (κ1) is 22.4. The molecular weight excluding hydrogens is 412 g/mol. The highest BCUT2D eigenvalue weighted by atomic mass is 32.2. The lowest BCUT2D eigenvalue weighted by molar-refractivity contribution is -0.120. The Morgan fingerprint density at radius 3 is 2.16 bits per heavy atom. The van der Waals surface area contributed by atoms with Crippen molar-refractivity contribution in [1.82, 2.24) is 5.32 Å². The third-order valence-corrected chi connectivity index (χ3v) is 6.72. The molecule has 162 valence electrons. The number of amides is 1. The number of rotatable bonds is 8. The number of anilines is 1. The Hall–Kier alpha value is -3.32. The lowest BCUT2D eigenvalue weighted by Gasteiger charge is -2.25. The van der Waals surface area contributed by atoms with Gasteiger partial charge in [-0.3, -0.25) is 9.10 Å². The number of hydrogen-bond donors (Lipinski definition) is 1. The highest BCUT2D eigenvalue weighted by Gasteiger charge is 2.27. The normalized spacial score (nSPS) is 12.1. The predicted octanol–water partition coefficient (Wildman–Crippen LogP) is 4.08. The zero-order valence-corrected chi connectivity index (χ0v) is 18.6. The molecule has 0 aliphatic heterocycles. The summed E-state index contributed by atoms with van der Waals surface area (Å²) in [5.41, 5.74) is 2.45. The number of sulfonamides is 1. The molecule has 31 heavy (non-hydrogen) atoms. The van der Waals surface area contributed by atoms with Crippen molar-refractivity contribution in [3.05, 3.63) is 90.0 Å². The van der Waals surface area contributed by atoms with Crippen LogP contribution in [0.1, 0.15) is 24.1 Å². The van der Waals surface area contributed by atoms with Gasteiger partial charge in [0.1, 0.15) is 12.3 Å². The summed E-state index contributed by atoms with van der Waals surface area (Å²) < 4.78 is 32.9. The average Bonchev–Trinajstić information content (AvgIpc) is 2.78. The minimum Gasteiger partial charge on any atom is -0.497 e. The van der Waals surface area contributed by atoms with E-state index in [-0.39, 0.29) is 17.5 Å². The fourth-order valence-corrected chi connectivity index (χ4v) is 4.58. The van der Waals surface area contributed by atoms with Crippen LogP contribution in [0.2, 0.25) is 0 Å². The zero-order chi connectivity index (χ0) is 22.4. The lowest BCUT2D eigenvalue weighted by atomic mass is 10.1. The van der Waals surface area contributed by atoms with Gasteiger partial charge in [-0.1, -0.05) is 48.0 Å². The van der Waals surface area contributed by atoms with E-state index in [2.05, 4.69) is 5.32 Å². The Bertz CT molecular complexity index is 1110. The van der Waals surface area contributed by atoms with Crippen molar-refractivity contribution in [2.75, 3.05) is 18.0 Å². The number of aryl methyl sites for hydroxylation is 1. The van der Waals surface area contributed by atoms with Gasteiger partial charge >= 0.3 is 0 Å². The lowest BCUT2D eigenvalue weighted by Crippen LogP contribution is -2.41. The number of methoxy groups -OCH3 is 1. The summed E-state index contributed by atoms with van der Waals surface area (Å²) in [6.45, 7) is 3.51. The molecular formula is C24H26N2O4S.